The minimum Gasteiger partial charge on any atom is -0.367 e. The number of ether oxygens (including phenoxy) is 1. The fourth-order valence-corrected chi connectivity index (χ4v) is 1.66. The molecule has 0 aliphatic carbocycles. The van der Waals surface area contributed by atoms with Crippen LogP contribution in [0.3, 0.4) is 0 Å². The molecule has 2 rings (SSSR count). The normalized spacial score (nSPS) is 40.1. The molecule has 2 saturated heterocycles. The van der Waals surface area contributed by atoms with Gasteiger partial charge in [0.25, 0.3) is 0 Å². The van der Waals surface area contributed by atoms with E-state index in [1.165, 1.54) is 0 Å². The highest BCUT2D eigenvalue weighted by atomic mass is 16.6. The van der Waals surface area contributed by atoms with Crippen LogP contribution in [0.5, 0.6) is 0 Å². The first-order chi connectivity index (χ1) is 5.38. The van der Waals surface area contributed by atoms with Crippen molar-refractivity contribution in [3.05, 3.63) is 6.42 Å². The smallest absolute Gasteiger partial charge is 0.172 e. The van der Waals surface area contributed by atoms with Gasteiger partial charge in [0.1, 0.15) is 0 Å². The molecule has 3 heteroatoms. The molecule has 2 fully saturated rings. The van der Waals surface area contributed by atoms with Crippen molar-refractivity contribution in [2.45, 2.75) is 25.2 Å². The Balaban J connectivity index is 1.83. The predicted molar refractivity (Wildman–Crippen MR) is 40.9 cm³/mol. The lowest BCUT2D eigenvalue weighted by atomic mass is 10.1. The molecule has 2 heterocycles. The second-order valence-corrected chi connectivity index (χ2v) is 3.19. The van der Waals surface area contributed by atoms with Crippen LogP contribution in [0.1, 0.15) is 12.8 Å². The number of hydrogen-bond acceptors (Lipinski definition) is 3. The lowest BCUT2D eigenvalue weighted by Gasteiger charge is -2.42. The second kappa shape index (κ2) is 3.09. The van der Waals surface area contributed by atoms with Gasteiger partial charge < -0.3 is 9.84 Å². The van der Waals surface area contributed by atoms with Crippen molar-refractivity contribution >= 4 is 0 Å². The fourth-order valence-electron chi connectivity index (χ4n) is 1.66. The van der Waals surface area contributed by atoms with Gasteiger partial charge in [0.2, 0.25) is 0 Å². The Morgan fingerprint density at radius 1 is 1.36 bits per heavy atom. The maximum Gasteiger partial charge on any atom is 0.172 e. The fraction of sp³-hybridized carbons (Fsp3) is 0.875. The van der Waals surface area contributed by atoms with E-state index in [0.717, 1.165) is 25.9 Å². The summed E-state index contributed by atoms with van der Waals surface area (Å²) in [6.07, 6.45) is 4.10. The van der Waals surface area contributed by atoms with E-state index in [1.54, 1.807) is 0 Å². The van der Waals surface area contributed by atoms with Crippen LogP contribution in [0.25, 0.3) is 0 Å². The number of aliphatic hydroxyl groups is 1. The monoisotopic (exact) mass is 156 g/mol. The zero-order valence-electron chi connectivity index (χ0n) is 6.57. The van der Waals surface area contributed by atoms with E-state index in [-0.39, 0.29) is 6.04 Å². The van der Waals surface area contributed by atoms with Crippen LogP contribution in [0.15, 0.2) is 0 Å². The first-order valence-corrected chi connectivity index (χ1v) is 4.23. The van der Waals surface area contributed by atoms with Crippen molar-refractivity contribution in [1.29, 1.82) is 0 Å². The van der Waals surface area contributed by atoms with Gasteiger partial charge in [0.15, 0.2) is 6.29 Å². The first kappa shape index (κ1) is 7.53. The molecule has 0 spiro atoms. The summed E-state index contributed by atoms with van der Waals surface area (Å²) in [5.74, 6) is 0. The van der Waals surface area contributed by atoms with Crippen molar-refractivity contribution in [1.82, 2.24) is 4.90 Å². The predicted octanol–water partition coefficient (Wildman–Crippen LogP) is 0.00369. The lowest BCUT2D eigenvalue weighted by Crippen LogP contribution is -2.57. The van der Waals surface area contributed by atoms with Gasteiger partial charge in [-0.05, 0) is 32.4 Å². The average molecular weight is 156 g/mol. The number of rotatable bonds is 1. The summed E-state index contributed by atoms with van der Waals surface area (Å²) in [5.41, 5.74) is 0. The molecule has 11 heavy (non-hydrogen) atoms. The van der Waals surface area contributed by atoms with E-state index in [2.05, 4.69) is 11.3 Å². The van der Waals surface area contributed by atoms with Crippen LogP contribution in [0.2, 0.25) is 0 Å². The van der Waals surface area contributed by atoms with E-state index >= 15 is 0 Å². The van der Waals surface area contributed by atoms with Crippen molar-refractivity contribution in [2.24, 2.45) is 0 Å². The largest absolute Gasteiger partial charge is 0.367 e. The van der Waals surface area contributed by atoms with Crippen LogP contribution in [0, 0.1) is 6.42 Å². The molecule has 0 bridgehead atoms. The quantitative estimate of drug-likeness (QED) is 0.580. The van der Waals surface area contributed by atoms with Crippen LogP contribution >= 0.6 is 0 Å². The number of piperidine rings is 1. The molecular weight excluding hydrogens is 142 g/mol. The van der Waals surface area contributed by atoms with Gasteiger partial charge in [-0.3, -0.25) is 4.90 Å². The summed E-state index contributed by atoms with van der Waals surface area (Å²) in [4.78, 5) is 2.31. The number of likely N-dealkylation sites (tertiary alicyclic amines) is 1. The zero-order valence-corrected chi connectivity index (χ0v) is 6.57. The van der Waals surface area contributed by atoms with E-state index in [1.807, 2.05) is 0 Å². The topological polar surface area (TPSA) is 32.7 Å². The molecule has 63 valence electrons. The Labute approximate surface area is 66.9 Å². The van der Waals surface area contributed by atoms with Crippen molar-refractivity contribution in [3.63, 3.8) is 0 Å². The maximum absolute atomic E-state index is 9.19. The molecule has 1 N–H and O–H groups in total. The maximum atomic E-state index is 9.19. The Morgan fingerprint density at radius 2 is 2.09 bits per heavy atom. The highest BCUT2D eigenvalue weighted by Gasteiger charge is 2.35. The SMILES string of the molecule is O[C@H]1OCC1N1CC[CH]CC1. The Hall–Kier alpha value is -0.120. The summed E-state index contributed by atoms with van der Waals surface area (Å²) in [6, 6.07) is 0.281. The molecule has 0 aromatic rings. The van der Waals surface area contributed by atoms with E-state index in [0.29, 0.717) is 6.61 Å². The summed E-state index contributed by atoms with van der Waals surface area (Å²) in [5, 5.41) is 9.19. The minimum atomic E-state index is -0.520. The standard InChI is InChI=1S/C8H14NO2/c10-8-7(6-11-8)9-4-2-1-3-5-9/h1,7-8,10H,2-6H2/t7?,8-/m0/s1. The average Bonchev–Trinajstić information content (AvgIpc) is 2.04. The molecule has 2 atom stereocenters. The third-order valence-corrected chi connectivity index (χ3v) is 2.48. The minimum absolute atomic E-state index is 0.281. The van der Waals surface area contributed by atoms with E-state index in [9.17, 15) is 5.11 Å². The molecule has 1 radical (unpaired) electrons. The summed E-state index contributed by atoms with van der Waals surface area (Å²) < 4.78 is 4.90. The Bertz CT molecular complexity index is 134. The number of hydrogen-bond donors (Lipinski definition) is 1. The molecule has 0 aromatic carbocycles. The van der Waals surface area contributed by atoms with Crippen LogP contribution < -0.4 is 0 Å². The van der Waals surface area contributed by atoms with Crippen molar-refractivity contribution in [2.75, 3.05) is 19.7 Å². The van der Waals surface area contributed by atoms with Gasteiger partial charge in [0.05, 0.1) is 12.6 Å². The molecular formula is C8H14NO2. The number of aliphatic hydroxyl groups excluding tert-OH is 1. The highest BCUT2D eigenvalue weighted by Crippen LogP contribution is 2.20. The van der Waals surface area contributed by atoms with Crippen molar-refractivity contribution < 1.29 is 9.84 Å². The Morgan fingerprint density at radius 3 is 2.55 bits per heavy atom. The third kappa shape index (κ3) is 1.41. The van der Waals surface area contributed by atoms with Gasteiger partial charge in [-0.1, -0.05) is 0 Å². The highest BCUT2D eigenvalue weighted by molar-refractivity contribution is 4.86. The Kier molecular flexibility index (Phi) is 2.11. The zero-order chi connectivity index (χ0) is 7.68. The summed E-state index contributed by atoms with van der Waals surface area (Å²) in [7, 11) is 0. The van der Waals surface area contributed by atoms with Gasteiger partial charge in [0, 0.05) is 0 Å². The lowest BCUT2D eigenvalue weighted by molar-refractivity contribution is -0.239. The molecule has 2 aliphatic rings. The third-order valence-electron chi connectivity index (χ3n) is 2.48. The first-order valence-electron chi connectivity index (χ1n) is 4.23. The molecule has 0 amide bonds. The molecule has 0 aromatic heterocycles. The van der Waals surface area contributed by atoms with Gasteiger partial charge >= 0.3 is 0 Å². The second-order valence-electron chi connectivity index (χ2n) is 3.19. The molecule has 1 unspecified atom stereocenters. The molecule has 0 saturated carbocycles. The van der Waals surface area contributed by atoms with Gasteiger partial charge in [-0.2, -0.15) is 0 Å². The van der Waals surface area contributed by atoms with Crippen molar-refractivity contribution in [3.8, 4) is 0 Å². The summed E-state index contributed by atoms with van der Waals surface area (Å²) >= 11 is 0. The van der Waals surface area contributed by atoms with Crippen LogP contribution in [0.4, 0.5) is 0 Å². The summed E-state index contributed by atoms with van der Waals surface area (Å²) in [6.45, 7) is 2.89. The van der Waals surface area contributed by atoms with E-state index in [4.69, 9.17) is 4.74 Å². The molecule has 3 nitrogen and oxygen atoms in total. The van der Waals surface area contributed by atoms with E-state index < -0.39 is 6.29 Å². The molecule has 2 aliphatic heterocycles. The van der Waals surface area contributed by atoms with Crippen LogP contribution in [-0.2, 0) is 4.74 Å². The van der Waals surface area contributed by atoms with Crippen LogP contribution in [-0.4, -0.2) is 42.0 Å². The van der Waals surface area contributed by atoms with Gasteiger partial charge in [-0.15, -0.1) is 0 Å². The van der Waals surface area contributed by atoms with Gasteiger partial charge in [-0.25, -0.2) is 0 Å². The number of nitrogens with zero attached hydrogens (tertiary/aromatic N) is 1.